The fraction of sp³-hybridized carbons (Fsp3) is 0.353. The summed E-state index contributed by atoms with van der Waals surface area (Å²) in [7, 11) is 1.75. The first kappa shape index (κ1) is 16.2. The summed E-state index contributed by atoms with van der Waals surface area (Å²) in [4.78, 5) is 29.8. The van der Waals surface area contributed by atoms with Crippen molar-refractivity contribution >= 4 is 11.8 Å². The van der Waals surface area contributed by atoms with E-state index in [1.807, 2.05) is 30.3 Å². The van der Waals surface area contributed by atoms with E-state index in [-0.39, 0.29) is 37.7 Å². The molecule has 1 N–H and O–H groups in total. The second-order valence-corrected chi connectivity index (χ2v) is 6.03. The highest BCUT2D eigenvalue weighted by atomic mass is 19.1. The van der Waals surface area contributed by atoms with Crippen molar-refractivity contribution in [2.45, 2.75) is 18.6 Å². The third-order valence-corrected chi connectivity index (χ3v) is 4.13. The zero-order chi connectivity index (χ0) is 17.2. The van der Waals surface area contributed by atoms with Crippen LogP contribution in [0.3, 0.4) is 0 Å². The lowest BCUT2D eigenvalue weighted by molar-refractivity contribution is -0.132. The highest BCUT2D eigenvalue weighted by Gasteiger charge is 2.46. The Labute approximate surface area is 139 Å². The van der Waals surface area contributed by atoms with Crippen LogP contribution in [0.15, 0.2) is 42.9 Å². The number of carbonyl (C=O) groups excluding carboxylic acids is 2. The van der Waals surface area contributed by atoms with Crippen LogP contribution in [0.5, 0.6) is 0 Å². The van der Waals surface area contributed by atoms with Crippen LogP contribution in [0.25, 0.3) is 0 Å². The molecule has 0 radical (unpaired) electrons. The maximum Gasteiger partial charge on any atom is 0.274 e. The second-order valence-electron chi connectivity index (χ2n) is 6.03. The molecule has 0 spiro atoms. The first-order valence-electron chi connectivity index (χ1n) is 7.76. The van der Waals surface area contributed by atoms with E-state index in [9.17, 15) is 14.0 Å². The van der Waals surface area contributed by atoms with Crippen molar-refractivity contribution in [3.8, 4) is 0 Å². The average molecular weight is 330 g/mol. The van der Waals surface area contributed by atoms with Gasteiger partial charge in [0.2, 0.25) is 5.67 Å². The minimum Gasteiger partial charge on any atom is -0.349 e. The summed E-state index contributed by atoms with van der Waals surface area (Å²) in [5, 5.41) is 2.61. The molecule has 6 nitrogen and oxygen atoms in total. The molecule has 2 amide bonds. The molecule has 0 saturated carbocycles. The zero-order valence-electron chi connectivity index (χ0n) is 13.4. The van der Waals surface area contributed by atoms with Crippen LogP contribution in [0.2, 0.25) is 0 Å². The van der Waals surface area contributed by atoms with Crippen LogP contribution >= 0.6 is 0 Å². The number of carbonyl (C=O) groups is 2. The lowest BCUT2D eigenvalue weighted by Crippen LogP contribution is -2.45. The summed E-state index contributed by atoms with van der Waals surface area (Å²) >= 11 is 0. The molecular weight excluding hydrogens is 311 g/mol. The average Bonchev–Trinajstić information content (AvgIpc) is 3.20. The SMILES string of the molecule is Cn1cnc(C(=O)N2CCC(F)(C(=O)NCc3ccccc3)C2)c1. The first-order valence-corrected chi connectivity index (χ1v) is 7.76. The van der Waals surface area contributed by atoms with Crippen molar-refractivity contribution in [2.75, 3.05) is 13.1 Å². The number of alkyl halides is 1. The van der Waals surface area contributed by atoms with E-state index in [0.717, 1.165) is 5.56 Å². The molecule has 1 aliphatic heterocycles. The van der Waals surface area contributed by atoms with E-state index in [2.05, 4.69) is 10.3 Å². The molecule has 2 heterocycles. The number of benzene rings is 1. The van der Waals surface area contributed by atoms with Gasteiger partial charge in [0.1, 0.15) is 5.69 Å². The van der Waals surface area contributed by atoms with Gasteiger partial charge in [-0.1, -0.05) is 30.3 Å². The largest absolute Gasteiger partial charge is 0.349 e. The number of aromatic nitrogens is 2. The molecule has 2 aromatic rings. The first-order chi connectivity index (χ1) is 11.5. The van der Waals surface area contributed by atoms with Crippen LogP contribution < -0.4 is 5.32 Å². The maximum atomic E-state index is 14.9. The van der Waals surface area contributed by atoms with Gasteiger partial charge in [-0.05, 0) is 5.56 Å². The summed E-state index contributed by atoms with van der Waals surface area (Å²) in [5.74, 6) is -1.03. The van der Waals surface area contributed by atoms with Crippen LogP contribution in [0.4, 0.5) is 4.39 Å². The molecule has 126 valence electrons. The molecule has 1 fully saturated rings. The maximum absolute atomic E-state index is 14.9. The van der Waals surface area contributed by atoms with Crippen molar-refractivity contribution in [3.63, 3.8) is 0 Å². The summed E-state index contributed by atoms with van der Waals surface area (Å²) in [5.41, 5.74) is -0.903. The van der Waals surface area contributed by atoms with Gasteiger partial charge < -0.3 is 14.8 Å². The summed E-state index contributed by atoms with van der Waals surface area (Å²) in [6.07, 6.45) is 3.08. The van der Waals surface area contributed by atoms with Gasteiger partial charge in [0.05, 0.1) is 12.9 Å². The quantitative estimate of drug-likeness (QED) is 0.919. The number of hydrogen-bond donors (Lipinski definition) is 1. The third-order valence-electron chi connectivity index (χ3n) is 4.13. The molecule has 1 unspecified atom stereocenters. The number of likely N-dealkylation sites (tertiary alicyclic amines) is 1. The molecule has 1 atom stereocenters. The van der Waals surface area contributed by atoms with E-state index < -0.39 is 11.6 Å². The number of nitrogens with one attached hydrogen (secondary N) is 1. The number of halogens is 1. The van der Waals surface area contributed by atoms with Crippen LogP contribution in [0.1, 0.15) is 22.5 Å². The number of rotatable bonds is 4. The molecule has 7 heteroatoms. The number of aryl methyl sites for hydroxylation is 1. The highest BCUT2D eigenvalue weighted by molar-refractivity contribution is 5.94. The Bertz CT molecular complexity index is 746. The molecule has 3 rings (SSSR count). The van der Waals surface area contributed by atoms with E-state index in [1.165, 1.54) is 11.2 Å². The molecule has 1 aliphatic rings. The number of hydrogen-bond acceptors (Lipinski definition) is 3. The number of nitrogens with zero attached hydrogens (tertiary/aromatic N) is 3. The van der Waals surface area contributed by atoms with E-state index in [4.69, 9.17) is 0 Å². The molecule has 1 aromatic heterocycles. The molecule has 1 saturated heterocycles. The molecule has 0 aliphatic carbocycles. The summed E-state index contributed by atoms with van der Waals surface area (Å²) < 4.78 is 16.6. The Balaban J connectivity index is 1.60. The smallest absolute Gasteiger partial charge is 0.274 e. The van der Waals surface area contributed by atoms with Gasteiger partial charge in [0, 0.05) is 32.8 Å². The molecule has 0 bridgehead atoms. The minimum atomic E-state index is -2.06. The van der Waals surface area contributed by atoms with Gasteiger partial charge in [-0.25, -0.2) is 9.37 Å². The van der Waals surface area contributed by atoms with Crippen LogP contribution in [0, 0.1) is 0 Å². The normalized spacial score (nSPS) is 20.2. The van der Waals surface area contributed by atoms with Gasteiger partial charge in [0.25, 0.3) is 11.8 Å². The van der Waals surface area contributed by atoms with Crippen LogP contribution in [-0.4, -0.2) is 45.0 Å². The van der Waals surface area contributed by atoms with E-state index in [1.54, 1.807) is 17.8 Å². The van der Waals surface area contributed by atoms with Gasteiger partial charge in [-0.15, -0.1) is 0 Å². The van der Waals surface area contributed by atoms with Gasteiger partial charge >= 0.3 is 0 Å². The zero-order valence-corrected chi connectivity index (χ0v) is 13.4. The van der Waals surface area contributed by atoms with Crippen LogP contribution in [-0.2, 0) is 18.4 Å². The van der Waals surface area contributed by atoms with Gasteiger partial charge in [0.15, 0.2) is 0 Å². The Morgan fingerprint density at radius 2 is 2.08 bits per heavy atom. The van der Waals surface area contributed by atoms with Crippen molar-refractivity contribution < 1.29 is 14.0 Å². The Kier molecular flexibility index (Phi) is 4.33. The lowest BCUT2D eigenvalue weighted by atomic mass is 10.0. The lowest BCUT2D eigenvalue weighted by Gasteiger charge is -2.20. The van der Waals surface area contributed by atoms with E-state index >= 15 is 0 Å². The molecule has 1 aromatic carbocycles. The van der Waals surface area contributed by atoms with Crippen molar-refractivity contribution in [3.05, 3.63) is 54.1 Å². The standard InChI is InChI=1S/C17H19FN4O2/c1-21-10-14(20-12-21)15(23)22-8-7-17(18,11-22)16(24)19-9-13-5-3-2-4-6-13/h2-6,10,12H,7-9,11H2,1H3,(H,19,24). The Hall–Kier alpha value is -2.70. The number of imidazole rings is 1. The predicted octanol–water partition coefficient (Wildman–Crippen LogP) is 1.29. The topological polar surface area (TPSA) is 67.2 Å². The van der Waals surface area contributed by atoms with E-state index in [0.29, 0.717) is 0 Å². The second kappa shape index (κ2) is 6.43. The Morgan fingerprint density at radius 1 is 1.33 bits per heavy atom. The summed E-state index contributed by atoms with van der Waals surface area (Å²) in [6.45, 7) is 0.216. The van der Waals surface area contributed by atoms with Gasteiger partial charge in [-0.2, -0.15) is 0 Å². The predicted molar refractivity (Wildman–Crippen MR) is 85.9 cm³/mol. The monoisotopic (exact) mass is 330 g/mol. The minimum absolute atomic E-state index is 0.00774. The summed E-state index contributed by atoms with van der Waals surface area (Å²) in [6, 6.07) is 9.30. The molecule has 24 heavy (non-hydrogen) atoms. The highest BCUT2D eigenvalue weighted by Crippen LogP contribution is 2.27. The fourth-order valence-electron chi connectivity index (χ4n) is 2.75. The Morgan fingerprint density at radius 3 is 2.75 bits per heavy atom. The van der Waals surface area contributed by atoms with Crippen molar-refractivity contribution in [2.24, 2.45) is 7.05 Å². The van der Waals surface area contributed by atoms with Gasteiger partial charge in [-0.3, -0.25) is 9.59 Å². The molecular formula is C17H19FN4O2. The third kappa shape index (κ3) is 3.29. The number of amides is 2. The fourth-order valence-corrected chi connectivity index (χ4v) is 2.75. The van der Waals surface area contributed by atoms with Crippen molar-refractivity contribution in [1.82, 2.24) is 19.8 Å². The van der Waals surface area contributed by atoms with Crippen molar-refractivity contribution in [1.29, 1.82) is 0 Å².